The molecular weight excluding hydrogens is 348 g/mol. The van der Waals surface area contributed by atoms with Crippen LogP contribution in [0.15, 0.2) is 42.5 Å². The van der Waals surface area contributed by atoms with Gasteiger partial charge in [-0.05, 0) is 67.8 Å². The number of aryl methyl sites for hydroxylation is 1. The van der Waals surface area contributed by atoms with Crippen molar-refractivity contribution in [2.45, 2.75) is 33.6 Å². The average Bonchev–Trinajstić information content (AvgIpc) is 2.63. The van der Waals surface area contributed by atoms with E-state index in [1.54, 1.807) is 42.5 Å². The first-order valence-electron chi connectivity index (χ1n) is 8.93. The molecule has 0 aliphatic rings. The minimum atomic E-state index is -0.214. The van der Waals surface area contributed by atoms with Crippen LogP contribution in [0.1, 0.15) is 53.0 Å². The topological polar surface area (TPSA) is 49.4 Å². The molecule has 0 aliphatic carbocycles. The van der Waals surface area contributed by atoms with Gasteiger partial charge in [-0.1, -0.05) is 25.4 Å². The highest BCUT2D eigenvalue weighted by Gasteiger charge is 2.15. The van der Waals surface area contributed by atoms with Gasteiger partial charge in [-0.25, -0.2) is 0 Å². The predicted molar refractivity (Wildman–Crippen MR) is 107 cm³/mol. The molecule has 0 aliphatic heterocycles. The number of hydrogen-bond acceptors (Lipinski definition) is 2. The van der Waals surface area contributed by atoms with Crippen molar-refractivity contribution < 1.29 is 9.59 Å². The standard InChI is InChI=1S/C21H25ClN2O2/c1-4-12-24(13-5-2)21(26)17-8-6-16(7-9-17)20(25)23-19-11-10-18(22)14-15(19)3/h6-11,14H,4-5,12-13H2,1-3H3,(H,23,25). The second-order valence-electron chi connectivity index (χ2n) is 6.28. The highest BCUT2D eigenvalue weighted by Crippen LogP contribution is 2.20. The summed E-state index contributed by atoms with van der Waals surface area (Å²) < 4.78 is 0. The molecule has 1 N–H and O–H groups in total. The third kappa shape index (κ3) is 5.09. The Balaban J connectivity index is 2.10. The normalized spacial score (nSPS) is 10.5. The highest BCUT2D eigenvalue weighted by atomic mass is 35.5. The zero-order chi connectivity index (χ0) is 19.1. The van der Waals surface area contributed by atoms with E-state index >= 15 is 0 Å². The van der Waals surface area contributed by atoms with Crippen molar-refractivity contribution in [2.24, 2.45) is 0 Å². The molecule has 0 heterocycles. The molecule has 0 fully saturated rings. The van der Waals surface area contributed by atoms with Crippen LogP contribution in [-0.4, -0.2) is 29.8 Å². The molecular formula is C21H25ClN2O2. The molecule has 0 aromatic heterocycles. The maximum absolute atomic E-state index is 12.6. The van der Waals surface area contributed by atoms with Gasteiger partial charge in [-0.15, -0.1) is 0 Å². The second kappa shape index (κ2) is 9.39. The summed E-state index contributed by atoms with van der Waals surface area (Å²) in [6, 6.07) is 12.1. The lowest BCUT2D eigenvalue weighted by Gasteiger charge is -2.21. The maximum Gasteiger partial charge on any atom is 0.255 e. The van der Waals surface area contributed by atoms with E-state index in [1.807, 2.05) is 11.8 Å². The van der Waals surface area contributed by atoms with E-state index in [2.05, 4.69) is 19.2 Å². The van der Waals surface area contributed by atoms with Crippen LogP contribution in [0.5, 0.6) is 0 Å². The molecule has 0 radical (unpaired) electrons. The summed E-state index contributed by atoms with van der Waals surface area (Å²) in [5, 5.41) is 3.50. The molecule has 2 aromatic rings. The van der Waals surface area contributed by atoms with Gasteiger partial charge in [0.2, 0.25) is 0 Å². The van der Waals surface area contributed by atoms with Crippen LogP contribution in [0.25, 0.3) is 0 Å². The van der Waals surface area contributed by atoms with Gasteiger partial charge in [-0.2, -0.15) is 0 Å². The van der Waals surface area contributed by atoms with E-state index in [0.29, 0.717) is 16.1 Å². The number of amides is 2. The quantitative estimate of drug-likeness (QED) is 0.729. The van der Waals surface area contributed by atoms with Gasteiger partial charge in [0.1, 0.15) is 0 Å². The number of anilines is 1. The number of halogens is 1. The molecule has 0 bridgehead atoms. The first kappa shape index (κ1) is 20.0. The Hall–Kier alpha value is -2.33. The number of carbonyl (C=O) groups excluding carboxylic acids is 2. The molecule has 0 saturated heterocycles. The third-order valence-electron chi connectivity index (χ3n) is 4.10. The number of nitrogens with one attached hydrogen (secondary N) is 1. The summed E-state index contributed by atoms with van der Waals surface area (Å²) in [5.41, 5.74) is 2.73. The maximum atomic E-state index is 12.6. The third-order valence-corrected chi connectivity index (χ3v) is 4.34. The first-order valence-corrected chi connectivity index (χ1v) is 9.30. The van der Waals surface area contributed by atoms with Crippen molar-refractivity contribution in [3.63, 3.8) is 0 Å². The Morgan fingerprint density at radius 2 is 1.54 bits per heavy atom. The van der Waals surface area contributed by atoms with Gasteiger partial charge >= 0.3 is 0 Å². The molecule has 0 unspecified atom stereocenters. The Morgan fingerprint density at radius 3 is 2.08 bits per heavy atom. The number of hydrogen-bond donors (Lipinski definition) is 1. The second-order valence-corrected chi connectivity index (χ2v) is 6.72. The molecule has 138 valence electrons. The van der Waals surface area contributed by atoms with E-state index in [1.165, 1.54) is 0 Å². The van der Waals surface area contributed by atoms with Crippen molar-refractivity contribution in [1.82, 2.24) is 4.90 Å². The molecule has 5 heteroatoms. The Morgan fingerprint density at radius 1 is 0.962 bits per heavy atom. The predicted octanol–water partition coefficient (Wildman–Crippen LogP) is 5.16. The van der Waals surface area contributed by atoms with Crippen LogP contribution in [-0.2, 0) is 0 Å². The van der Waals surface area contributed by atoms with Crippen molar-refractivity contribution in [1.29, 1.82) is 0 Å². The molecule has 2 rings (SSSR count). The summed E-state index contributed by atoms with van der Waals surface area (Å²) in [6.07, 6.45) is 1.85. The fraction of sp³-hybridized carbons (Fsp3) is 0.333. The summed E-state index contributed by atoms with van der Waals surface area (Å²) in [6.45, 7) is 7.49. The molecule has 0 spiro atoms. The Bertz CT molecular complexity index is 766. The number of rotatable bonds is 7. The molecule has 4 nitrogen and oxygen atoms in total. The largest absolute Gasteiger partial charge is 0.339 e. The van der Waals surface area contributed by atoms with Crippen LogP contribution < -0.4 is 5.32 Å². The van der Waals surface area contributed by atoms with Gasteiger partial charge in [0, 0.05) is 34.9 Å². The zero-order valence-electron chi connectivity index (χ0n) is 15.5. The van der Waals surface area contributed by atoms with Crippen LogP contribution in [0.4, 0.5) is 5.69 Å². The van der Waals surface area contributed by atoms with Crippen molar-refractivity contribution in [2.75, 3.05) is 18.4 Å². The van der Waals surface area contributed by atoms with Crippen LogP contribution in [0.2, 0.25) is 5.02 Å². The van der Waals surface area contributed by atoms with Crippen molar-refractivity contribution in [3.8, 4) is 0 Å². The Labute approximate surface area is 160 Å². The fourth-order valence-electron chi connectivity index (χ4n) is 2.76. The van der Waals surface area contributed by atoms with E-state index in [0.717, 1.165) is 37.2 Å². The summed E-state index contributed by atoms with van der Waals surface area (Å²) in [7, 11) is 0. The smallest absolute Gasteiger partial charge is 0.255 e. The van der Waals surface area contributed by atoms with Crippen molar-refractivity contribution >= 4 is 29.1 Å². The lowest BCUT2D eigenvalue weighted by Crippen LogP contribution is -2.32. The Kier molecular flexibility index (Phi) is 7.22. The van der Waals surface area contributed by atoms with Crippen LogP contribution >= 0.6 is 11.6 Å². The van der Waals surface area contributed by atoms with Gasteiger partial charge in [0.15, 0.2) is 0 Å². The van der Waals surface area contributed by atoms with Crippen LogP contribution in [0, 0.1) is 6.92 Å². The van der Waals surface area contributed by atoms with E-state index < -0.39 is 0 Å². The number of carbonyl (C=O) groups is 2. The SMILES string of the molecule is CCCN(CCC)C(=O)c1ccc(C(=O)Nc2ccc(Cl)cc2C)cc1. The minimum absolute atomic E-state index is 0.00852. The first-order chi connectivity index (χ1) is 12.5. The highest BCUT2D eigenvalue weighted by molar-refractivity contribution is 6.30. The van der Waals surface area contributed by atoms with Gasteiger partial charge < -0.3 is 10.2 Å². The number of nitrogens with zero attached hydrogens (tertiary/aromatic N) is 1. The van der Waals surface area contributed by atoms with E-state index in [4.69, 9.17) is 11.6 Å². The van der Waals surface area contributed by atoms with Crippen molar-refractivity contribution in [3.05, 3.63) is 64.2 Å². The van der Waals surface area contributed by atoms with Crippen LogP contribution in [0.3, 0.4) is 0 Å². The molecule has 26 heavy (non-hydrogen) atoms. The molecule has 0 atom stereocenters. The van der Waals surface area contributed by atoms with E-state index in [-0.39, 0.29) is 11.8 Å². The molecule has 0 saturated carbocycles. The summed E-state index contributed by atoms with van der Waals surface area (Å²) >= 11 is 5.94. The minimum Gasteiger partial charge on any atom is -0.339 e. The summed E-state index contributed by atoms with van der Waals surface area (Å²) in [5.74, 6) is -0.206. The lowest BCUT2D eigenvalue weighted by molar-refractivity contribution is 0.0755. The molecule has 2 amide bonds. The van der Waals surface area contributed by atoms with Gasteiger partial charge in [-0.3, -0.25) is 9.59 Å². The monoisotopic (exact) mass is 372 g/mol. The fourth-order valence-corrected chi connectivity index (χ4v) is 2.99. The van der Waals surface area contributed by atoms with Gasteiger partial charge in [0.25, 0.3) is 11.8 Å². The van der Waals surface area contributed by atoms with E-state index in [9.17, 15) is 9.59 Å². The van der Waals surface area contributed by atoms with Gasteiger partial charge in [0.05, 0.1) is 0 Å². The molecule has 2 aromatic carbocycles. The summed E-state index contributed by atoms with van der Waals surface area (Å²) in [4.78, 5) is 26.9. The average molecular weight is 373 g/mol. The zero-order valence-corrected chi connectivity index (χ0v) is 16.3. The lowest BCUT2D eigenvalue weighted by atomic mass is 10.1. The number of benzene rings is 2.